The van der Waals surface area contributed by atoms with Gasteiger partial charge in [0.2, 0.25) is 6.79 Å². The highest BCUT2D eigenvalue weighted by Crippen LogP contribution is 2.40. The molecule has 0 saturated heterocycles. The van der Waals surface area contributed by atoms with Crippen molar-refractivity contribution in [2.24, 2.45) is 0 Å². The zero-order valence-electron chi connectivity index (χ0n) is 11.6. The van der Waals surface area contributed by atoms with E-state index in [2.05, 4.69) is 0 Å². The summed E-state index contributed by atoms with van der Waals surface area (Å²) in [5, 5.41) is 0. The number of amides is 1. The number of carbonyl (C=O) groups is 1. The third kappa shape index (κ3) is 2.76. The number of fused-ring (bicyclic) bond motifs is 1. The van der Waals surface area contributed by atoms with Gasteiger partial charge in [-0.25, -0.2) is 4.79 Å². The third-order valence-corrected chi connectivity index (χ3v) is 3.22. The molecular formula is C16H15NO4. The average molecular weight is 285 g/mol. The molecule has 0 aliphatic carbocycles. The molecule has 0 unspecified atom stereocenters. The van der Waals surface area contributed by atoms with Crippen molar-refractivity contribution in [2.45, 2.75) is 6.61 Å². The van der Waals surface area contributed by atoms with Crippen LogP contribution < -0.4 is 14.4 Å². The lowest BCUT2D eigenvalue weighted by Gasteiger charge is -2.18. The summed E-state index contributed by atoms with van der Waals surface area (Å²) in [5.41, 5.74) is 1.57. The minimum Gasteiger partial charge on any atom is -0.454 e. The summed E-state index contributed by atoms with van der Waals surface area (Å²) in [4.78, 5) is 13.5. The van der Waals surface area contributed by atoms with E-state index in [0.717, 1.165) is 5.56 Å². The third-order valence-electron chi connectivity index (χ3n) is 3.22. The van der Waals surface area contributed by atoms with Crippen molar-refractivity contribution in [3.05, 3.63) is 54.1 Å². The van der Waals surface area contributed by atoms with Gasteiger partial charge in [-0.2, -0.15) is 0 Å². The Bertz CT molecular complexity index is 642. The van der Waals surface area contributed by atoms with Crippen LogP contribution >= 0.6 is 0 Å². The van der Waals surface area contributed by atoms with Crippen molar-refractivity contribution < 1.29 is 19.0 Å². The number of anilines is 1. The normalized spacial score (nSPS) is 12.0. The first kappa shape index (κ1) is 13.3. The molecule has 0 N–H and O–H groups in total. The summed E-state index contributed by atoms with van der Waals surface area (Å²) in [6.45, 7) is 0.398. The average Bonchev–Trinajstić information content (AvgIpc) is 3.01. The summed E-state index contributed by atoms with van der Waals surface area (Å²) in [7, 11) is 1.64. The summed E-state index contributed by atoms with van der Waals surface area (Å²) in [6.07, 6.45) is -0.442. The molecule has 3 rings (SSSR count). The van der Waals surface area contributed by atoms with Crippen LogP contribution in [0.2, 0.25) is 0 Å². The predicted octanol–water partition coefficient (Wildman–Crippen LogP) is 3.19. The van der Waals surface area contributed by atoms with E-state index in [-0.39, 0.29) is 13.4 Å². The van der Waals surface area contributed by atoms with Gasteiger partial charge in [-0.15, -0.1) is 0 Å². The summed E-state index contributed by atoms with van der Waals surface area (Å²) < 4.78 is 16.0. The van der Waals surface area contributed by atoms with Gasteiger partial charge in [-0.05, 0) is 17.7 Å². The second kappa shape index (κ2) is 5.75. The lowest BCUT2D eigenvalue weighted by molar-refractivity contribution is 0.148. The molecule has 0 aromatic heterocycles. The molecule has 21 heavy (non-hydrogen) atoms. The lowest BCUT2D eigenvalue weighted by atomic mass is 10.2. The molecule has 0 saturated carbocycles. The zero-order chi connectivity index (χ0) is 14.7. The van der Waals surface area contributed by atoms with Gasteiger partial charge >= 0.3 is 6.09 Å². The Labute approximate surface area is 122 Å². The number of benzene rings is 2. The number of ether oxygens (including phenoxy) is 3. The summed E-state index contributed by atoms with van der Waals surface area (Å²) in [6, 6.07) is 14.9. The van der Waals surface area contributed by atoms with Gasteiger partial charge in [0.25, 0.3) is 0 Å². The van der Waals surface area contributed by atoms with E-state index in [0.29, 0.717) is 17.2 Å². The maximum absolute atomic E-state index is 12.1. The van der Waals surface area contributed by atoms with Crippen LogP contribution in [0.4, 0.5) is 10.5 Å². The van der Waals surface area contributed by atoms with Crippen LogP contribution in [-0.2, 0) is 11.3 Å². The number of carbonyl (C=O) groups excluding carboxylic acids is 1. The van der Waals surface area contributed by atoms with E-state index in [1.165, 1.54) is 4.90 Å². The quantitative estimate of drug-likeness (QED) is 0.869. The minimum atomic E-state index is -0.442. The van der Waals surface area contributed by atoms with Gasteiger partial charge in [-0.3, -0.25) is 4.90 Å². The van der Waals surface area contributed by atoms with Crippen LogP contribution in [0.5, 0.6) is 11.5 Å². The Kier molecular flexibility index (Phi) is 3.64. The largest absolute Gasteiger partial charge is 0.454 e. The fraction of sp³-hybridized carbons (Fsp3) is 0.188. The standard InChI is InChI=1S/C16H15NO4/c1-17(13-8-5-9-14-15(13)21-11-20-14)16(18)19-10-12-6-3-2-4-7-12/h2-9H,10-11H2,1H3. The monoisotopic (exact) mass is 285 g/mol. The second-order valence-corrected chi connectivity index (χ2v) is 4.61. The number of rotatable bonds is 3. The van der Waals surface area contributed by atoms with Crippen molar-refractivity contribution in [1.29, 1.82) is 0 Å². The van der Waals surface area contributed by atoms with E-state index in [4.69, 9.17) is 14.2 Å². The van der Waals surface area contributed by atoms with E-state index >= 15 is 0 Å². The Morgan fingerprint density at radius 1 is 1.14 bits per heavy atom. The van der Waals surface area contributed by atoms with E-state index in [1.54, 1.807) is 19.2 Å². The van der Waals surface area contributed by atoms with Crippen LogP contribution in [0, 0.1) is 0 Å². The van der Waals surface area contributed by atoms with Gasteiger partial charge in [0.1, 0.15) is 6.61 Å². The smallest absolute Gasteiger partial charge is 0.414 e. The van der Waals surface area contributed by atoms with Crippen molar-refractivity contribution >= 4 is 11.8 Å². The fourth-order valence-corrected chi connectivity index (χ4v) is 2.09. The molecular weight excluding hydrogens is 270 g/mol. The molecule has 5 heteroatoms. The molecule has 1 aliphatic heterocycles. The molecule has 0 atom stereocenters. The first-order valence-corrected chi connectivity index (χ1v) is 6.59. The molecule has 1 heterocycles. The zero-order valence-corrected chi connectivity index (χ0v) is 11.6. The molecule has 5 nitrogen and oxygen atoms in total. The van der Waals surface area contributed by atoms with Crippen LogP contribution in [-0.4, -0.2) is 19.9 Å². The van der Waals surface area contributed by atoms with Crippen molar-refractivity contribution in [1.82, 2.24) is 0 Å². The van der Waals surface area contributed by atoms with Crippen molar-refractivity contribution in [3.63, 3.8) is 0 Å². The van der Waals surface area contributed by atoms with Gasteiger partial charge in [0, 0.05) is 7.05 Å². The van der Waals surface area contributed by atoms with Crippen LogP contribution in [0.1, 0.15) is 5.56 Å². The van der Waals surface area contributed by atoms with E-state index < -0.39 is 6.09 Å². The van der Waals surface area contributed by atoms with E-state index in [1.807, 2.05) is 36.4 Å². The second-order valence-electron chi connectivity index (χ2n) is 4.61. The Balaban J connectivity index is 1.69. The molecule has 2 aromatic carbocycles. The Hall–Kier alpha value is -2.69. The van der Waals surface area contributed by atoms with Crippen LogP contribution in [0.3, 0.4) is 0 Å². The molecule has 0 spiro atoms. The van der Waals surface area contributed by atoms with Crippen molar-refractivity contribution in [2.75, 3.05) is 18.7 Å². The molecule has 108 valence electrons. The SMILES string of the molecule is CN(C(=O)OCc1ccccc1)c1cccc2c1OCO2. The maximum Gasteiger partial charge on any atom is 0.414 e. The summed E-state index contributed by atoms with van der Waals surface area (Å²) >= 11 is 0. The summed E-state index contributed by atoms with van der Waals surface area (Å²) in [5.74, 6) is 1.20. The minimum absolute atomic E-state index is 0.166. The molecule has 1 aliphatic rings. The fourth-order valence-electron chi connectivity index (χ4n) is 2.09. The van der Waals surface area contributed by atoms with Crippen molar-refractivity contribution in [3.8, 4) is 11.5 Å². The molecule has 0 bridgehead atoms. The molecule has 0 fully saturated rings. The Morgan fingerprint density at radius 2 is 1.95 bits per heavy atom. The topological polar surface area (TPSA) is 48.0 Å². The predicted molar refractivity (Wildman–Crippen MR) is 77.6 cm³/mol. The molecule has 1 amide bonds. The van der Waals surface area contributed by atoms with Gasteiger partial charge < -0.3 is 14.2 Å². The van der Waals surface area contributed by atoms with Crippen LogP contribution in [0.25, 0.3) is 0 Å². The van der Waals surface area contributed by atoms with Gasteiger partial charge in [0.15, 0.2) is 11.5 Å². The van der Waals surface area contributed by atoms with Gasteiger partial charge in [-0.1, -0.05) is 36.4 Å². The molecule has 2 aromatic rings. The number of hydrogen-bond donors (Lipinski definition) is 0. The Morgan fingerprint density at radius 3 is 2.76 bits per heavy atom. The highest BCUT2D eigenvalue weighted by molar-refractivity contribution is 5.90. The lowest BCUT2D eigenvalue weighted by Crippen LogP contribution is -2.27. The van der Waals surface area contributed by atoms with Gasteiger partial charge in [0.05, 0.1) is 5.69 Å². The number of para-hydroxylation sites is 1. The molecule has 0 radical (unpaired) electrons. The number of nitrogens with zero attached hydrogens (tertiary/aromatic N) is 1. The van der Waals surface area contributed by atoms with E-state index in [9.17, 15) is 4.79 Å². The highest BCUT2D eigenvalue weighted by Gasteiger charge is 2.23. The highest BCUT2D eigenvalue weighted by atomic mass is 16.7. The van der Waals surface area contributed by atoms with Crippen LogP contribution in [0.15, 0.2) is 48.5 Å². The number of hydrogen-bond acceptors (Lipinski definition) is 4. The maximum atomic E-state index is 12.1. The first-order valence-electron chi connectivity index (χ1n) is 6.59. The first-order chi connectivity index (χ1) is 10.3.